The maximum Gasteiger partial charge on any atom is 0 e. The zero-order valence-electron chi connectivity index (χ0n) is 5.72. The second-order valence-electron chi connectivity index (χ2n) is 1.49. The van der Waals surface area contributed by atoms with Crippen LogP contribution in [0.25, 0.3) is 0 Å². The molecule has 0 saturated heterocycles. The molecule has 4 N–H and O–H groups in total. The number of hydrogen-bond donors (Lipinski definition) is 2. The molecule has 0 aliphatic rings. The first kappa shape index (κ1) is 12.7. The van der Waals surface area contributed by atoms with Gasteiger partial charge < -0.3 is 11.5 Å². The summed E-state index contributed by atoms with van der Waals surface area (Å²) in [6.07, 6.45) is 0. The third kappa shape index (κ3) is 3.98. The van der Waals surface area contributed by atoms with Gasteiger partial charge in [-0.2, -0.15) is 11.4 Å². The minimum atomic E-state index is 0. The Hall–Kier alpha value is 0.0668. The number of nitrogens with two attached hydrogens (primary N) is 2. The molecule has 0 aliphatic carbocycles. The largest absolute Gasteiger partial charge is 0.472 e. The predicted molar refractivity (Wildman–Crippen MR) is 32.9 cm³/mol. The fraction of sp³-hybridized carbons (Fsp3) is 0. The van der Waals surface area contributed by atoms with Gasteiger partial charge in [0.25, 0.3) is 0 Å². The molecule has 46 valence electrons. The number of rotatable bonds is 0. The maximum atomic E-state index is 5.28. The van der Waals surface area contributed by atoms with Gasteiger partial charge in [0.1, 0.15) is 0 Å². The van der Waals surface area contributed by atoms with Gasteiger partial charge in [0, 0.05) is 39.0 Å². The smallest absolute Gasteiger partial charge is 0 e. The number of anilines is 2. The monoisotopic (exact) mass is 234 g/mol. The molecule has 0 amide bonds. The average Bonchev–Trinajstić information content (AvgIpc) is 1.77. The summed E-state index contributed by atoms with van der Waals surface area (Å²) in [5.41, 5.74) is 11.7. The molecule has 0 radical (unpaired) electrons. The summed E-state index contributed by atoms with van der Waals surface area (Å²) in [6.45, 7) is 0. The van der Waals surface area contributed by atoms with Crippen molar-refractivity contribution in [2.45, 2.75) is 0 Å². The van der Waals surface area contributed by atoms with E-state index in [0.29, 0.717) is 11.4 Å². The Morgan fingerprint density at radius 2 is 1.20 bits per heavy atom. The summed E-state index contributed by atoms with van der Waals surface area (Å²) in [5.74, 6) is 0. The van der Waals surface area contributed by atoms with Crippen LogP contribution in [0.2, 0.25) is 0 Å². The zero-order valence-corrected chi connectivity index (χ0v) is 11.7. The first-order valence-corrected chi connectivity index (χ1v) is 2.23. The van der Waals surface area contributed by atoms with E-state index >= 15 is 0 Å². The molecule has 0 spiro atoms. The van der Waals surface area contributed by atoms with E-state index in [0.717, 1.165) is 0 Å². The van der Waals surface area contributed by atoms with Gasteiger partial charge in [-0.1, -0.05) is 0 Å². The van der Waals surface area contributed by atoms with Crippen LogP contribution in [0, 0.1) is 12.1 Å². The van der Waals surface area contributed by atoms with Crippen molar-refractivity contribution in [1.29, 1.82) is 0 Å². The van der Waals surface area contributed by atoms with Crippen LogP contribution in [-0.4, -0.2) is 0 Å². The van der Waals surface area contributed by atoms with Crippen molar-refractivity contribution < 1.29 is 39.0 Å². The first-order chi connectivity index (χ1) is 3.79. The molecule has 4 heteroatoms. The molecule has 2 nitrogen and oxygen atoms in total. The molecular weight excluding hydrogens is 231 g/mol. The Labute approximate surface area is 85.9 Å². The molecular formula is C6H6N2Zn2-2. The summed E-state index contributed by atoms with van der Waals surface area (Å²) in [7, 11) is 0. The summed E-state index contributed by atoms with van der Waals surface area (Å²) in [5, 5.41) is 0. The van der Waals surface area contributed by atoms with E-state index in [1.165, 1.54) is 0 Å². The second kappa shape index (κ2) is 5.82. The van der Waals surface area contributed by atoms with E-state index in [-0.39, 0.29) is 39.0 Å². The van der Waals surface area contributed by atoms with Crippen molar-refractivity contribution >= 4 is 11.4 Å². The van der Waals surface area contributed by atoms with Gasteiger partial charge in [-0.05, 0) is 0 Å². The minimum absolute atomic E-state index is 0. The van der Waals surface area contributed by atoms with Crippen LogP contribution in [0.4, 0.5) is 11.4 Å². The van der Waals surface area contributed by atoms with Crippen molar-refractivity contribution in [3.8, 4) is 0 Å². The fourth-order valence-electron chi connectivity index (χ4n) is 0.406. The number of hydrogen-bond acceptors (Lipinski definition) is 2. The van der Waals surface area contributed by atoms with Gasteiger partial charge >= 0.3 is 0 Å². The molecule has 1 rings (SSSR count). The first-order valence-electron chi connectivity index (χ1n) is 2.23. The maximum absolute atomic E-state index is 5.28. The van der Waals surface area contributed by atoms with E-state index in [1.54, 1.807) is 12.1 Å². The Balaban J connectivity index is 0. The normalized spacial score (nSPS) is 7.20. The molecule has 0 bridgehead atoms. The fourth-order valence-corrected chi connectivity index (χ4v) is 0.406. The third-order valence-electron chi connectivity index (χ3n) is 0.789. The molecule has 1 aromatic rings. The summed E-state index contributed by atoms with van der Waals surface area (Å²) in [6, 6.07) is 8.63. The van der Waals surface area contributed by atoms with Crippen molar-refractivity contribution in [1.82, 2.24) is 0 Å². The summed E-state index contributed by atoms with van der Waals surface area (Å²) in [4.78, 5) is 0. The van der Waals surface area contributed by atoms with Gasteiger partial charge in [0.05, 0.1) is 0 Å². The SMILES string of the molecule is Nc1[c-]cc(N)[c-]c1.[Zn].[Zn]. The van der Waals surface area contributed by atoms with Crippen LogP contribution < -0.4 is 11.5 Å². The van der Waals surface area contributed by atoms with Crippen LogP contribution >= 0.6 is 0 Å². The molecule has 0 aromatic heterocycles. The molecule has 0 saturated carbocycles. The number of nitrogen functional groups attached to an aromatic ring is 2. The summed E-state index contributed by atoms with van der Waals surface area (Å²) < 4.78 is 0. The molecule has 0 atom stereocenters. The van der Waals surface area contributed by atoms with Crippen LogP contribution in [0.3, 0.4) is 0 Å². The van der Waals surface area contributed by atoms with Crippen LogP contribution in [0.1, 0.15) is 0 Å². The zero-order chi connectivity index (χ0) is 5.98. The molecule has 0 aliphatic heterocycles. The molecule has 1 aromatic carbocycles. The van der Waals surface area contributed by atoms with Crippen molar-refractivity contribution in [3.63, 3.8) is 0 Å². The van der Waals surface area contributed by atoms with E-state index in [9.17, 15) is 0 Å². The van der Waals surface area contributed by atoms with Crippen LogP contribution in [0.15, 0.2) is 12.1 Å². The Morgan fingerprint density at radius 1 is 0.900 bits per heavy atom. The van der Waals surface area contributed by atoms with Crippen molar-refractivity contribution in [3.05, 3.63) is 24.3 Å². The topological polar surface area (TPSA) is 52.0 Å². The Bertz CT molecular complexity index is 153. The quantitative estimate of drug-likeness (QED) is 0.391. The second-order valence-corrected chi connectivity index (χ2v) is 1.49. The van der Waals surface area contributed by atoms with Gasteiger partial charge in [0.2, 0.25) is 0 Å². The van der Waals surface area contributed by atoms with Gasteiger partial charge in [-0.15, -0.1) is 0 Å². The van der Waals surface area contributed by atoms with Gasteiger partial charge in [-0.25, -0.2) is 0 Å². The van der Waals surface area contributed by atoms with Gasteiger partial charge in [-0.3, -0.25) is 24.3 Å². The molecule has 0 heterocycles. The van der Waals surface area contributed by atoms with Gasteiger partial charge in [0.15, 0.2) is 0 Å². The molecule has 0 unspecified atom stereocenters. The van der Waals surface area contributed by atoms with E-state index in [1.807, 2.05) is 0 Å². The van der Waals surface area contributed by atoms with Crippen molar-refractivity contribution in [2.24, 2.45) is 0 Å². The van der Waals surface area contributed by atoms with Crippen molar-refractivity contribution in [2.75, 3.05) is 11.5 Å². The Kier molecular flexibility index (Phi) is 7.40. The average molecular weight is 237 g/mol. The standard InChI is InChI=1S/C6H6N2.2Zn/c7-5-1-2-6(8)4-3-5;;/h1,4H,7-8H2;;/q-2;;. The van der Waals surface area contributed by atoms with E-state index in [2.05, 4.69) is 12.1 Å². The Morgan fingerprint density at radius 3 is 1.40 bits per heavy atom. The van der Waals surface area contributed by atoms with E-state index in [4.69, 9.17) is 11.5 Å². The van der Waals surface area contributed by atoms with Crippen LogP contribution in [0.5, 0.6) is 0 Å². The third-order valence-corrected chi connectivity index (χ3v) is 0.789. The predicted octanol–water partition coefficient (Wildman–Crippen LogP) is 0.446. The number of benzene rings is 1. The molecule has 0 fully saturated rings. The minimum Gasteiger partial charge on any atom is -0.472 e. The molecule has 10 heavy (non-hydrogen) atoms. The van der Waals surface area contributed by atoms with Crippen LogP contribution in [-0.2, 0) is 39.0 Å². The van der Waals surface area contributed by atoms with E-state index < -0.39 is 0 Å². The summed E-state index contributed by atoms with van der Waals surface area (Å²) >= 11 is 0.